The maximum atomic E-state index is 12.7. The smallest absolute Gasteiger partial charge is 0.287 e. The zero-order chi connectivity index (χ0) is 26.5. The van der Waals surface area contributed by atoms with Crippen LogP contribution in [-0.2, 0) is 11.3 Å². The highest BCUT2D eigenvalue weighted by Gasteiger charge is 2.24. The Morgan fingerprint density at radius 1 is 1.11 bits per heavy atom. The Balaban J connectivity index is 1.16. The van der Waals surface area contributed by atoms with E-state index < -0.39 is 5.91 Å². The van der Waals surface area contributed by atoms with E-state index >= 15 is 0 Å². The van der Waals surface area contributed by atoms with Gasteiger partial charge in [0.2, 0.25) is 5.91 Å². The Morgan fingerprint density at radius 2 is 1.92 bits per heavy atom. The lowest BCUT2D eigenvalue weighted by molar-refractivity contribution is -0.128. The molecule has 0 bridgehead atoms. The topological polar surface area (TPSA) is 91.7 Å². The van der Waals surface area contributed by atoms with Crippen LogP contribution in [0.4, 0.5) is 5.69 Å². The number of hydrogen-bond donors (Lipinski definition) is 2. The van der Waals surface area contributed by atoms with Crippen molar-refractivity contribution < 1.29 is 14.0 Å². The summed E-state index contributed by atoms with van der Waals surface area (Å²) in [5, 5.41) is 3.30. The monoisotopic (exact) mass is 531 g/mol. The van der Waals surface area contributed by atoms with Gasteiger partial charge in [-0.1, -0.05) is 47.9 Å². The standard InChI is InChI=1S/C30H33N3O4S/c1-38-32-23-12-13-27-25(17-23)26(34)18-28(37-27)30(36)31-15-14-20-8-10-21(11-9-20)24-6-3-2-5-22(24)19-33-16-4-7-29(33)35/h2-3,5-6,12-14,17-18,21,32H,4,7-11,15-16,19H2,1H3,(H,31,36). The minimum absolute atomic E-state index is 0.0169. The zero-order valence-electron chi connectivity index (χ0n) is 21.6. The third kappa shape index (κ3) is 5.96. The van der Waals surface area contributed by atoms with Gasteiger partial charge in [0.05, 0.1) is 5.39 Å². The van der Waals surface area contributed by atoms with Gasteiger partial charge < -0.3 is 19.4 Å². The lowest BCUT2D eigenvalue weighted by atomic mass is 9.80. The number of fused-ring (bicyclic) bond motifs is 1. The van der Waals surface area contributed by atoms with Gasteiger partial charge in [-0.05, 0) is 67.3 Å². The van der Waals surface area contributed by atoms with E-state index in [9.17, 15) is 14.4 Å². The predicted molar refractivity (Wildman–Crippen MR) is 152 cm³/mol. The molecule has 0 atom stereocenters. The fraction of sp³-hybridized carbons (Fsp3) is 0.367. The van der Waals surface area contributed by atoms with Crippen LogP contribution in [0.3, 0.4) is 0 Å². The van der Waals surface area contributed by atoms with Gasteiger partial charge >= 0.3 is 0 Å². The van der Waals surface area contributed by atoms with E-state index in [1.54, 1.807) is 12.1 Å². The molecular formula is C30H33N3O4S. The van der Waals surface area contributed by atoms with Gasteiger partial charge in [0.15, 0.2) is 11.2 Å². The Bertz CT molecular complexity index is 1420. The normalized spacial score (nSPS) is 17.6. The summed E-state index contributed by atoms with van der Waals surface area (Å²) in [4.78, 5) is 39.3. The molecule has 2 fully saturated rings. The second-order valence-corrected chi connectivity index (χ2v) is 10.6. The zero-order valence-corrected chi connectivity index (χ0v) is 22.4. The van der Waals surface area contributed by atoms with Crippen molar-refractivity contribution in [2.45, 2.75) is 51.0 Å². The van der Waals surface area contributed by atoms with Crippen molar-refractivity contribution in [2.75, 3.05) is 24.1 Å². The van der Waals surface area contributed by atoms with Crippen LogP contribution in [0, 0.1) is 0 Å². The molecule has 38 heavy (non-hydrogen) atoms. The molecule has 2 aliphatic rings. The maximum absolute atomic E-state index is 12.7. The van der Waals surface area contributed by atoms with Crippen molar-refractivity contribution in [1.29, 1.82) is 0 Å². The number of rotatable bonds is 8. The molecule has 2 N–H and O–H groups in total. The molecule has 0 spiro atoms. The maximum Gasteiger partial charge on any atom is 0.287 e. The molecule has 0 unspecified atom stereocenters. The van der Waals surface area contributed by atoms with Crippen LogP contribution >= 0.6 is 11.9 Å². The van der Waals surface area contributed by atoms with E-state index in [1.807, 2.05) is 17.2 Å². The Kier molecular flexibility index (Phi) is 8.17. The lowest BCUT2D eigenvalue weighted by Crippen LogP contribution is -2.25. The van der Waals surface area contributed by atoms with Crippen molar-refractivity contribution in [3.63, 3.8) is 0 Å². The highest BCUT2D eigenvalue weighted by Crippen LogP contribution is 2.37. The van der Waals surface area contributed by atoms with Crippen molar-refractivity contribution in [3.8, 4) is 0 Å². The van der Waals surface area contributed by atoms with E-state index in [-0.39, 0.29) is 17.1 Å². The molecule has 198 valence electrons. The van der Waals surface area contributed by atoms with E-state index in [1.165, 1.54) is 34.7 Å². The summed E-state index contributed by atoms with van der Waals surface area (Å²) >= 11 is 1.44. The van der Waals surface area contributed by atoms with Crippen LogP contribution in [0.2, 0.25) is 0 Å². The van der Waals surface area contributed by atoms with Gasteiger partial charge in [-0.3, -0.25) is 14.4 Å². The van der Waals surface area contributed by atoms with Gasteiger partial charge in [-0.25, -0.2) is 0 Å². The Labute approximate surface area is 226 Å². The summed E-state index contributed by atoms with van der Waals surface area (Å²) in [5.41, 5.74) is 4.92. The minimum atomic E-state index is -0.397. The molecule has 5 rings (SSSR count). The number of likely N-dealkylation sites (tertiary alicyclic amines) is 1. The lowest BCUT2D eigenvalue weighted by Gasteiger charge is -2.27. The van der Waals surface area contributed by atoms with Gasteiger partial charge in [-0.2, -0.15) is 0 Å². The van der Waals surface area contributed by atoms with Crippen LogP contribution in [0.5, 0.6) is 0 Å². The minimum Gasteiger partial charge on any atom is -0.451 e. The first-order chi connectivity index (χ1) is 18.5. The first kappa shape index (κ1) is 26.1. The summed E-state index contributed by atoms with van der Waals surface area (Å²) in [5.74, 6) is 0.361. The highest BCUT2D eigenvalue weighted by molar-refractivity contribution is 7.99. The summed E-state index contributed by atoms with van der Waals surface area (Å²) < 4.78 is 8.81. The molecule has 8 heteroatoms. The SMILES string of the molecule is CSNc1ccc2oc(C(=O)NCC=C3CCC(c4ccccc4CN4CCCC4=O)CC3)cc(=O)c2c1. The van der Waals surface area contributed by atoms with Crippen molar-refractivity contribution in [3.05, 3.63) is 87.3 Å². The van der Waals surface area contributed by atoms with Gasteiger partial charge in [0, 0.05) is 44.1 Å². The average molecular weight is 532 g/mol. The number of amides is 2. The first-order valence-electron chi connectivity index (χ1n) is 13.2. The number of anilines is 1. The molecule has 2 aromatic carbocycles. The first-order valence-corrected chi connectivity index (χ1v) is 14.4. The third-order valence-electron chi connectivity index (χ3n) is 7.48. The molecule has 1 aromatic heterocycles. The van der Waals surface area contributed by atoms with E-state index in [0.717, 1.165) is 44.3 Å². The third-order valence-corrected chi connectivity index (χ3v) is 7.92. The quantitative estimate of drug-likeness (QED) is 0.290. The van der Waals surface area contributed by atoms with Crippen LogP contribution in [-0.4, -0.2) is 36.1 Å². The summed E-state index contributed by atoms with van der Waals surface area (Å²) in [6.07, 6.45) is 9.68. The number of carbonyl (C=O) groups excluding carboxylic acids is 2. The highest BCUT2D eigenvalue weighted by atomic mass is 32.2. The summed E-state index contributed by atoms with van der Waals surface area (Å²) in [6.45, 7) is 1.96. The van der Waals surface area contributed by atoms with Gasteiger partial charge in [0.25, 0.3) is 5.91 Å². The fourth-order valence-corrected chi connectivity index (χ4v) is 5.84. The molecule has 2 heterocycles. The second-order valence-electron chi connectivity index (χ2n) is 9.96. The number of hydrogen-bond acceptors (Lipinski definition) is 6. The number of nitrogens with one attached hydrogen (secondary N) is 2. The number of allylic oxidation sites excluding steroid dienone is 1. The molecule has 1 saturated heterocycles. The average Bonchev–Trinajstić information content (AvgIpc) is 3.34. The van der Waals surface area contributed by atoms with Gasteiger partial charge in [0.1, 0.15) is 5.58 Å². The fourth-order valence-electron chi connectivity index (χ4n) is 5.48. The number of benzene rings is 2. The van der Waals surface area contributed by atoms with Crippen molar-refractivity contribution in [2.24, 2.45) is 0 Å². The van der Waals surface area contributed by atoms with Crippen LogP contribution in [0.25, 0.3) is 11.0 Å². The molecular weight excluding hydrogens is 498 g/mol. The van der Waals surface area contributed by atoms with E-state index in [0.29, 0.717) is 36.4 Å². The molecule has 0 radical (unpaired) electrons. The summed E-state index contributed by atoms with van der Waals surface area (Å²) in [7, 11) is 0. The van der Waals surface area contributed by atoms with Gasteiger partial charge in [-0.15, -0.1) is 0 Å². The predicted octanol–water partition coefficient (Wildman–Crippen LogP) is 5.62. The van der Waals surface area contributed by atoms with Crippen LogP contribution in [0.15, 0.2) is 69.4 Å². The number of carbonyl (C=O) groups is 2. The molecule has 1 aliphatic carbocycles. The largest absolute Gasteiger partial charge is 0.451 e. The van der Waals surface area contributed by atoms with Crippen LogP contribution in [0.1, 0.15) is 66.1 Å². The molecule has 2 amide bonds. The molecule has 3 aromatic rings. The van der Waals surface area contributed by atoms with E-state index in [4.69, 9.17) is 4.42 Å². The summed E-state index contributed by atoms with van der Waals surface area (Å²) in [6, 6.07) is 15.0. The number of nitrogens with zero attached hydrogens (tertiary/aromatic N) is 1. The van der Waals surface area contributed by atoms with Crippen LogP contribution < -0.4 is 15.5 Å². The Hall–Kier alpha value is -3.52. The Morgan fingerprint density at radius 3 is 2.68 bits per heavy atom. The second kappa shape index (κ2) is 11.9. The van der Waals surface area contributed by atoms with Crippen molar-refractivity contribution >= 4 is 40.4 Å². The van der Waals surface area contributed by atoms with E-state index in [2.05, 4.69) is 40.4 Å². The molecule has 1 aliphatic heterocycles. The van der Waals surface area contributed by atoms with Crippen molar-refractivity contribution in [1.82, 2.24) is 10.2 Å². The molecule has 7 nitrogen and oxygen atoms in total. The molecule has 1 saturated carbocycles.